The maximum atomic E-state index is 11.1. The molecule has 0 heterocycles. The highest BCUT2D eigenvalue weighted by molar-refractivity contribution is 5.66. The lowest BCUT2D eigenvalue weighted by Crippen LogP contribution is -2.42. The van der Waals surface area contributed by atoms with Crippen LogP contribution in [0.5, 0.6) is 0 Å². The molecule has 0 unspecified atom stereocenters. The minimum absolute atomic E-state index is 0.285. The summed E-state index contributed by atoms with van der Waals surface area (Å²) in [6.07, 6.45) is 3.73. The fourth-order valence-electron chi connectivity index (χ4n) is 2.61. The van der Waals surface area contributed by atoms with E-state index in [0.717, 1.165) is 31.7 Å². The molecule has 0 radical (unpaired) electrons. The van der Waals surface area contributed by atoms with E-state index >= 15 is 0 Å². The molecule has 2 rings (SSSR count). The van der Waals surface area contributed by atoms with Crippen molar-refractivity contribution in [3.8, 4) is 0 Å². The van der Waals surface area contributed by atoms with Gasteiger partial charge < -0.3 is 11.1 Å². The molecule has 1 fully saturated rings. The number of hydrogen-bond donors (Lipinski definition) is 2. The van der Waals surface area contributed by atoms with Gasteiger partial charge in [0.15, 0.2) is 0 Å². The lowest BCUT2D eigenvalue weighted by molar-refractivity contribution is -0.393. The van der Waals surface area contributed by atoms with E-state index in [1.165, 1.54) is 12.1 Å². The van der Waals surface area contributed by atoms with Crippen LogP contribution in [0.1, 0.15) is 25.7 Å². The molecular formula is C12H16N4O4. The second kappa shape index (κ2) is 5.41. The van der Waals surface area contributed by atoms with Crippen LogP contribution in [0, 0.1) is 20.2 Å². The Morgan fingerprint density at radius 2 is 1.85 bits per heavy atom. The summed E-state index contributed by atoms with van der Waals surface area (Å²) in [7, 11) is 0. The van der Waals surface area contributed by atoms with Crippen molar-refractivity contribution in [3.63, 3.8) is 0 Å². The van der Waals surface area contributed by atoms with Crippen molar-refractivity contribution >= 4 is 17.1 Å². The zero-order valence-electron chi connectivity index (χ0n) is 10.9. The average Bonchev–Trinajstić information content (AvgIpc) is 2.88. The number of nitro groups is 2. The number of hydrogen-bond acceptors (Lipinski definition) is 6. The summed E-state index contributed by atoms with van der Waals surface area (Å²) < 4.78 is 0. The molecular weight excluding hydrogens is 264 g/mol. The number of anilines is 1. The van der Waals surface area contributed by atoms with Crippen LogP contribution in [0.2, 0.25) is 0 Å². The van der Waals surface area contributed by atoms with Gasteiger partial charge in [0.2, 0.25) is 0 Å². The van der Waals surface area contributed by atoms with Crippen molar-refractivity contribution in [3.05, 3.63) is 38.4 Å². The van der Waals surface area contributed by atoms with Crippen molar-refractivity contribution < 1.29 is 9.85 Å². The molecule has 0 spiro atoms. The summed E-state index contributed by atoms with van der Waals surface area (Å²) in [5.74, 6) is 0. The smallest absolute Gasteiger partial charge is 0.299 e. The Kier molecular flexibility index (Phi) is 3.84. The lowest BCUT2D eigenvalue weighted by atomic mass is 9.97. The fourth-order valence-corrected chi connectivity index (χ4v) is 2.61. The van der Waals surface area contributed by atoms with Crippen LogP contribution >= 0.6 is 0 Å². The van der Waals surface area contributed by atoms with E-state index in [1.807, 2.05) is 0 Å². The minimum atomic E-state index is -0.648. The van der Waals surface area contributed by atoms with Gasteiger partial charge >= 0.3 is 0 Å². The van der Waals surface area contributed by atoms with Gasteiger partial charge in [-0.15, -0.1) is 0 Å². The normalized spacial score (nSPS) is 16.9. The number of nitro benzene ring substituents is 2. The third-order valence-electron chi connectivity index (χ3n) is 3.74. The van der Waals surface area contributed by atoms with Gasteiger partial charge in [0.1, 0.15) is 5.69 Å². The molecule has 1 aliphatic rings. The molecule has 0 aliphatic heterocycles. The molecule has 108 valence electrons. The standard InChI is InChI=1S/C12H16N4O4/c13-8-12(5-1-2-6-12)14-10-4-3-9(15(17)18)7-11(10)16(19)20/h3-4,7,14H,1-2,5-6,8,13H2. The molecule has 0 saturated heterocycles. The van der Waals surface area contributed by atoms with Gasteiger partial charge in [-0.05, 0) is 18.9 Å². The number of non-ortho nitro benzene ring substituents is 1. The maximum absolute atomic E-state index is 11.1. The van der Waals surface area contributed by atoms with E-state index in [1.54, 1.807) is 0 Å². The van der Waals surface area contributed by atoms with Crippen LogP contribution in [0.4, 0.5) is 17.1 Å². The number of benzene rings is 1. The first-order valence-corrected chi connectivity index (χ1v) is 6.38. The Hall–Kier alpha value is -2.22. The van der Waals surface area contributed by atoms with Gasteiger partial charge in [0.25, 0.3) is 11.4 Å². The van der Waals surface area contributed by atoms with Crippen LogP contribution in [-0.4, -0.2) is 21.9 Å². The van der Waals surface area contributed by atoms with E-state index in [0.29, 0.717) is 6.54 Å². The molecule has 8 nitrogen and oxygen atoms in total. The van der Waals surface area contributed by atoms with Gasteiger partial charge in [0.05, 0.1) is 15.9 Å². The molecule has 1 aromatic carbocycles. The van der Waals surface area contributed by atoms with Crippen molar-refractivity contribution in [1.29, 1.82) is 0 Å². The van der Waals surface area contributed by atoms with Crippen LogP contribution in [-0.2, 0) is 0 Å². The van der Waals surface area contributed by atoms with Crippen LogP contribution < -0.4 is 11.1 Å². The van der Waals surface area contributed by atoms with Gasteiger partial charge in [-0.3, -0.25) is 20.2 Å². The summed E-state index contributed by atoms with van der Waals surface area (Å²) in [5.41, 5.74) is 5.13. The van der Waals surface area contributed by atoms with Gasteiger partial charge in [-0.2, -0.15) is 0 Å². The van der Waals surface area contributed by atoms with E-state index in [4.69, 9.17) is 5.73 Å². The molecule has 0 amide bonds. The second-order valence-corrected chi connectivity index (χ2v) is 5.03. The number of nitrogens with zero attached hydrogens (tertiary/aromatic N) is 2. The third-order valence-corrected chi connectivity index (χ3v) is 3.74. The maximum Gasteiger partial charge on any atom is 0.299 e. The SMILES string of the molecule is NCC1(Nc2ccc([N+](=O)[O-])cc2[N+](=O)[O-])CCCC1. The molecule has 1 saturated carbocycles. The first-order chi connectivity index (χ1) is 9.47. The first kappa shape index (κ1) is 14.2. The monoisotopic (exact) mass is 280 g/mol. The molecule has 0 atom stereocenters. The van der Waals surface area contributed by atoms with E-state index in [9.17, 15) is 20.2 Å². The summed E-state index contributed by atoms with van der Waals surface area (Å²) in [4.78, 5) is 20.5. The van der Waals surface area contributed by atoms with Crippen LogP contribution in [0.3, 0.4) is 0 Å². The predicted molar refractivity (Wildman–Crippen MR) is 73.6 cm³/mol. The van der Waals surface area contributed by atoms with E-state index in [2.05, 4.69) is 5.32 Å². The predicted octanol–water partition coefficient (Wildman–Crippen LogP) is 2.19. The molecule has 8 heteroatoms. The lowest BCUT2D eigenvalue weighted by Gasteiger charge is -2.29. The number of nitrogens with two attached hydrogens (primary N) is 1. The molecule has 20 heavy (non-hydrogen) atoms. The summed E-state index contributed by atoms with van der Waals surface area (Å²) in [6.45, 7) is 0.376. The van der Waals surface area contributed by atoms with Crippen molar-refractivity contribution in [2.75, 3.05) is 11.9 Å². The molecule has 0 bridgehead atoms. The highest BCUT2D eigenvalue weighted by atomic mass is 16.6. The second-order valence-electron chi connectivity index (χ2n) is 5.03. The minimum Gasteiger partial charge on any atom is -0.373 e. The highest BCUT2D eigenvalue weighted by Gasteiger charge is 2.34. The molecule has 0 aromatic heterocycles. The summed E-state index contributed by atoms with van der Waals surface area (Å²) in [5, 5.41) is 24.9. The quantitative estimate of drug-likeness (QED) is 0.629. The highest BCUT2D eigenvalue weighted by Crippen LogP contribution is 2.36. The van der Waals surface area contributed by atoms with Crippen molar-refractivity contribution in [1.82, 2.24) is 0 Å². The average molecular weight is 280 g/mol. The Labute approximate surface area is 115 Å². The topological polar surface area (TPSA) is 124 Å². The first-order valence-electron chi connectivity index (χ1n) is 6.38. The van der Waals surface area contributed by atoms with Gasteiger partial charge in [0, 0.05) is 18.2 Å². The van der Waals surface area contributed by atoms with Gasteiger partial charge in [-0.25, -0.2) is 0 Å². The fraction of sp³-hybridized carbons (Fsp3) is 0.500. The molecule has 3 N–H and O–H groups in total. The number of nitrogens with one attached hydrogen (secondary N) is 1. The van der Waals surface area contributed by atoms with E-state index in [-0.39, 0.29) is 22.6 Å². The Balaban J connectivity index is 2.35. The Bertz CT molecular complexity index is 540. The van der Waals surface area contributed by atoms with E-state index < -0.39 is 9.85 Å². The Morgan fingerprint density at radius 3 is 2.35 bits per heavy atom. The van der Waals surface area contributed by atoms with Gasteiger partial charge in [-0.1, -0.05) is 12.8 Å². The summed E-state index contributed by atoms with van der Waals surface area (Å²) >= 11 is 0. The van der Waals surface area contributed by atoms with Crippen LogP contribution in [0.25, 0.3) is 0 Å². The largest absolute Gasteiger partial charge is 0.373 e. The van der Waals surface area contributed by atoms with Crippen molar-refractivity contribution in [2.45, 2.75) is 31.2 Å². The zero-order chi connectivity index (χ0) is 14.8. The molecule has 1 aliphatic carbocycles. The zero-order valence-corrected chi connectivity index (χ0v) is 10.9. The summed E-state index contributed by atoms with van der Waals surface area (Å²) in [6, 6.07) is 3.61. The number of rotatable bonds is 5. The molecule has 1 aromatic rings. The van der Waals surface area contributed by atoms with Crippen LogP contribution in [0.15, 0.2) is 18.2 Å². The third kappa shape index (κ3) is 2.69. The Morgan fingerprint density at radius 1 is 1.20 bits per heavy atom. The van der Waals surface area contributed by atoms with Crippen molar-refractivity contribution in [2.24, 2.45) is 5.73 Å².